The Morgan fingerprint density at radius 3 is 2.54 bits per heavy atom. The highest BCUT2D eigenvalue weighted by Gasteiger charge is 2.18. The molecule has 1 N–H and O–H groups in total. The van der Waals surface area contributed by atoms with Crippen molar-refractivity contribution in [2.75, 3.05) is 5.32 Å². The molecule has 0 unspecified atom stereocenters. The molecule has 186 valence electrons. The van der Waals surface area contributed by atoms with Crippen LogP contribution in [0.3, 0.4) is 0 Å². The summed E-state index contributed by atoms with van der Waals surface area (Å²) in [7, 11) is 0. The number of nitrogens with zero attached hydrogens (tertiary/aromatic N) is 4. The minimum atomic E-state index is -2.98. The number of anilines is 1. The van der Waals surface area contributed by atoms with Gasteiger partial charge >= 0.3 is 6.61 Å². The molecular formula is C26H17F4N5O2. The highest BCUT2D eigenvalue weighted by molar-refractivity contribution is 6.05. The maximum atomic E-state index is 14.4. The molecule has 11 heteroatoms. The fourth-order valence-electron chi connectivity index (χ4n) is 3.86. The van der Waals surface area contributed by atoms with Crippen LogP contribution in [0.25, 0.3) is 28.0 Å². The maximum Gasteiger partial charge on any atom is 0.387 e. The molecule has 0 aliphatic carbocycles. The van der Waals surface area contributed by atoms with Crippen molar-refractivity contribution in [2.24, 2.45) is 0 Å². The summed E-state index contributed by atoms with van der Waals surface area (Å²) in [5.74, 6) is -2.27. The lowest BCUT2D eigenvalue weighted by atomic mass is 10.0. The van der Waals surface area contributed by atoms with Gasteiger partial charge in [-0.3, -0.25) is 14.2 Å². The zero-order chi connectivity index (χ0) is 26.1. The van der Waals surface area contributed by atoms with Crippen LogP contribution in [0.2, 0.25) is 0 Å². The molecule has 0 saturated heterocycles. The van der Waals surface area contributed by atoms with Crippen LogP contribution in [0.4, 0.5) is 23.4 Å². The second-order valence-electron chi connectivity index (χ2n) is 7.93. The Labute approximate surface area is 207 Å². The van der Waals surface area contributed by atoms with Gasteiger partial charge in [0.1, 0.15) is 17.4 Å². The van der Waals surface area contributed by atoms with E-state index in [0.29, 0.717) is 22.3 Å². The highest BCUT2D eigenvalue weighted by Crippen LogP contribution is 2.30. The molecule has 4 heterocycles. The fourth-order valence-corrected chi connectivity index (χ4v) is 3.86. The Morgan fingerprint density at radius 2 is 1.78 bits per heavy atom. The van der Waals surface area contributed by atoms with E-state index in [4.69, 9.17) is 0 Å². The van der Waals surface area contributed by atoms with Gasteiger partial charge in [-0.15, -0.1) is 0 Å². The van der Waals surface area contributed by atoms with E-state index < -0.39 is 24.2 Å². The molecule has 7 nitrogen and oxygen atoms in total. The van der Waals surface area contributed by atoms with Gasteiger partial charge < -0.3 is 10.1 Å². The molecule has 0 atom stereocenters. The summed E-state index contributed by atoms with van der Waals surface area (Å²) in [6.07, 6.45) is 5.86. The van der Waals surface area contributed by atoms with Crippen LogP contribution in [0.5, 0.6) is 5.75 Å². The number of carbonyl (C=O) groups excluding carboxylic acids is 1. The molecule has 0 saturated carbocycles. The van der Waals surface area contributed by atoms with Crippen LogP contribution in [-0.4, -0.2) is 31.9 Å². The topological polar surface area (TPSA) is 81.4 Å². The first-order valence-electron chi connectivity index (χ1n) is 10.9. The summed E-state index contributed by atoms with van der Waals surface area (Å²) in [4.78, 5) is 25.5. The van der Waals surface area contributed by atoms with Crippen LogP contribution in [0.1, 0.15) is 16.1 Å². The Bertz CT molecular complexity index is 1620. The number of halogens is 4. The van der Waals surface area contributed by atoms with Gasteiger partial charge in [0.25, 0.3) is 5.91 Å². The van der Waals surface area contributed by atoms with Crippen molar-refractivity contribution < 1.29 is 27.1 Å². The number of fused-ring (bicyclic) bond motifs is 1. The van der Waals surface area contributed by atoms with E-state index in [9.17, 15) is 22.4 Å². The number of hydrogen-bond acceptors (Lipinski definition) is 5. The van der Waals surface area contributed by atoms with Crippen molar-refractivity contribution in [3.8, 4) is 28.3 Å². The van der Waals surface area contributed by atoms with Gasteiger partial charge in [-0.1, -0.05) is 12.1 Å². The quantitative estimate of drug-likeness (QED) is 0.290. The lowest BCUT2D eigenvalue weighted by Crippen LogP contribution is -2.15. The van der Waals surface area contributed by atoms with Crippen molar-refractivity contribution in [3.63, 3.8) is 0 Å². The third-order valence-electron chi connectivity index (χ3n) is 5.61. The number of rotatable bonds is 6. The lowest BCUT2D eigenvalue weighted by molar-refractivity contribution is -0.0500. The number of carbonyl (C=O) groups is 1. The zero-order valence-corrected chi connectivity index (χ0v) is 19.1. The number of alkyl halides is 2. The first-order chi connectivity index (χ1) is 17.8. The monoisotopic (exact) mass is 507 g/mol. The van der Waals surface area contributed by atoms with Crippen LogP contribution < -0.4 is 10.1 Å². The number of amides is 1. The van der Waals surface area contributed by atoms with Crippen molar-refractivity contribution in [1.29, 1.82) is 0 Å². The number of aryl methyl sites for hydroxylation is 1. The molecule has 5 rings (SSSR count). The summed E-state index contributed by atoms with van der Waals surface area (Å²) in [6.45, 7) is -1.32. The number of hydrogen-bond donors (Lipinski definition) is 1. The Morgan fingerprint density at radius 1 is 0.973 bits per heavy atom. The van der Waals surface area contributed by atoms with Crippen LogP contribution >= 0.6 is 0 Å². The fraction of sp³-hybridized carbons (Fsp3) is 0.0769. The minimum absolute atomic E-state index is 0.0108. The van der Waals surface area contributed by atoms with Gasteiger partial charge in [0.05, 0.1) is 34.7 Å². The zero-order valence-electron chi connectivity index (χ0n) is 19.1. The summed E-state index contributed by atoms with van der Waals surface area (Å²) in [5, 5.41) is 2.60. The van der Waals surface area contributed by atoms with Crippen molar-refractivity contribution in [3.05, 3.63) is 96.2 Å². The molecule has 1 amide bonds. The summed E-state index contributed by atoms with van der Waals surface area (Å²) < 4.78 is 58.8. The predicted molar refractivity (Wildman–Crippen MR) is 127 cm³/mol. The third kappa shape index (κ3) is 4.70. The average molecular weight is 507 g/mol. The van der Waals surface area contributed by atoms with Crippen molar-refractivity contribution in [1.82, 2.24) is 19.4 Å². The average Bonchev–Trinajstić information content (AvgIpc) is 3.31. The molecule has 37 heavy (non-hydrogen) atoms. The van der Waals surface area contributed by atoms with Gasteiger partial charge in [-0.25, -0.2) is 18.7 Å². The third-order valence-corrected chi connectivity index (χ3v) is 5.61. The first-order valence-corrected chi connectivity index (χ1v) is 10.9. The van der Waals surface area contributed by atoms with Gasteiger partial charge in [-0.2, -0.15) is 8.78 Å². The normalized spacial score (nSPS) is 11.2. The molecule has 0 aliphatic heterocycles. The number of benzene rings is 1. The summed E-state index contributed by atoms with van der Waals surface area (Å²) >= 11 is 0. The number of pyridine rings is 3. The van der Waals surface area contributed by atoms with E-state index in [1.807, 2.05) is 0 Å². The molecule has 5 aromatic rings. The van der Waals surface area contributed by atoms with E-state index in [1.54, 1.807) is 41.9 Å². The maximum absolute atomic E-state index is 14.4. The second-order valence-corrected chi connectivity index (χ2v) is 7.93. The van der Waals surface area contributed by atoms with Gasteiger partial charge in [-0.05, 0) is 43.3 Å². The Kier molecular flexibility index (Phi) is 6.26. The Hall–Kier alpha value is -4.80. The van der Waals surface area contributed by atoms with E-state index in [-0.39, 0.29) is 28.5 Å². The first kappa shape index (κ1) is 23.9. The van der Waals surface area contributed by atoms with Gasteiger partial charge in [0.15, 0.2) is 11.6 Å². The molecule has 0 aliphatic rings. The molecule has 0 spiro atoms. The van der Waals surface area contributed by atoms with E-state index in [2.05, 4.69) is 25.0 Å². The molecule has 0 radical (unpaired) electrons. The van der Waals surface area contributed by atoms with E-state index in [0.717, 1.165) is 12.3 Å². The SMILES string of the molecule is Cc1ncc(-c2cccn3c(-c4cccc(F)c4F)ncc23)cc1C(=O)Nc1ccc(OC(F)F)cn1. The lowest BCUT2D eigenvalue weighted by Gasteiger charge is -2.11. The van der Waals surface area contributed by atoms with Crippen LogP contribution in [0.15, 0.2) is 73.3 Å². The molecule has 0 bridgehead atoms. The molecule has 1 aromatic carbocycles. The highest BCUT2D eigenvalue weighted by atomic mass is 19.3. The largest absolute Gasteiger partial charge is 0.433 e. The van der Waals surface area contributed by atoms with Crippen molar-refractivity contribution >= 4 is 17.2 Å². The number of aromatic nitrogens is 4. The van der Waals surface area contributed by atoms with Crippen LogP contribution in [-0.2, 0) is 0 Å². The number of nitrogens with one attached hydrogen (secondary N) is 1. The standard InChI is InChI=1S/C26H17F4N5O2/c1-14-19(25(36)34-22-8-7-16(12-32-22)37-26(29)30)10-15(11-31-14)17-5-3-9-35-21(17)13-33-24(35)18-4-2-6-20(27)23(18)28/h2-13,26H,1H3,(H,32,34,36). The van der Waals surface area contributed by atoms with Crippen molar-refractivity contribution in [2.45, 2.75) is 13.5 Å². The minimum Gasteiger partial charge on any atom is -0.433 e. The Balaban J connectivity index is 1.48. The number of ether oxygens (including phenoxy) is 1. The predicted octanol–water partition coefficient (Wildman–Crippen LogP) is 5.90. The van der Waals surface area contributed by atoms with Gasteiger partial charge in [0.2, 0.25) is 0 Å². The molecule has 4 aromatic heterocycles. The van der Waals surface area contributed by atoms with E-state index >= 15 is 0 Å². The molecule has 0 fully saturated rings. The second kappa shape index (κ2) is 9.69. The summed E-state index contributed by atoms with van der Waals surface area (Å²) in [5.41, 5.74) is 2.55. The summed E-state index contributed by atoms with van der Waals surface area (Å²) in [6, 6.07) is 11.6. The van der Waals surface area contributed by atoms with E-state index in [1.165, 1.54) is 30.5 Å². The van der Waals surface area contributed by atoms with Crippen LogP contribution in [0, 0.1) is 18.6 Å². The number of imidazole rings is 1. The molecular weight excluding hydrogens is 490 g/mol. The van der Waals surface area contributed by atoms with Gasteiger partial charge in [0, 0.05) is 23.5 Å². The smallest absolute Gasteiger partial charge is 0.387 e.